The molecular formula is C13H28N6O3Si. The number of hydrogen-bond donors (Lipinski definition) is 2. The number of nitrogens with two attached hydrogens (primary N) is 2. The van der Waals surface area contributed by atoms with Gasteiger partial charge in [-0.15, -0.1) is 0 Å². The third-order valence-electron chi connectivity index (χ3n) is 3.57. The summed E-state index contributed by atoms with van der Waals surface area (Å²) in [5, 5.41) is 0. The largest absolute Gasteiger partial charge is 0.500 e. The molecule has 1 aromatic heterocycles. The van der Waals surface area contributed by atoms with Gasteiger partial charge in [-0.1, -0.05) is 13.3 Å². The molecule has 0 fully saturated rings. The van der Waals surface area contributed by atoms with Crippen LogP contribution in [0.2, 0.25) is 6.04 Å². The lowest BCUT2D eigenvalue weighted by molar-refractivity contribution is 0.123. The van der Waals surface area contributed by atoms with E-state index in [-0.39, 0.29) is 11.9 Å². The molecule has 0 saturated heterocycles. The highest BCUT2D eigenvalue weighted by Crippen LogP contribution is 2.18. The number of rotatable bonds is 11. The Hall–Kier alpha value is -1.49. The summed E-state index contributed by atoms with van der Waals surface area (Å²) in [5.74, 6) is 0.759. The number of hydrogen-bond acceptors (Lipinski definition) is 9. The first-order valence-corrected chi connectivity index (χ1v) is 9.60. The van der Waals surface area contributed by atoms with Gasteiger partial charge in [-0.05, 0) is 12.8 Å². The van der Waals surface area contributed by atoms with Crippen LogP contribution < -0.4 is 16.4 Å². The van der Waals surface area contributed by atoms with Gasteiger partial charge in [0.2, 0.25) is 17.8 Å². The Bertz CT molecular complexity index is 447. The van der Waals surface area contributed by atoms with Crippen LogP contribution >= 0.6 is 0 Å². The predicted molar refractivity (Wildman–Crippen MR) is 92.0 cm³/mol. The van der Waals surface area contributed by atoms with Gasteiger partial charge < -0.3 is 29.6 Å². The molecule has 9 nitrogen and oxygen atoms in total. The van der Waals surface area contributed by atoms with Gasteiger partial charge in [0.25, 0.3) is 0 Å². The normalized spacial score (nSPS) is 11.7. The van der Waals surface area contributed by atoms with Crippen LogP contribution in [0.3, 0.4) is 0 Å². The van der Waals surface area contributed by atoms with Gasteiger partial charge in [0, 0.05) is 40.5 Å². The van der Waals surface area contributed by atoms with Crippen molar-refractivity contribution in [2.24, 2.45) is 0 Å². The van der Waals surface area contributed by atoms with Crippen molar-refractivity contribution < 1.29 is 13.3 Å². The molecule has 0 aliphatic rings. The molecule has 23 heavy (non-hydrogen) atoms. The summed E-state index contributed by atoms with van der Waals surface area (Å²) in [6.07, 6.45) is 2.91. The smallest absolute Gasteiger partial charge is 0.377 e. The fourth-order valence-corrected chi connectivity index (χ4v) is 3.95. The molecule has 4 N–H and O–H groups in total. The van der Waals surface area contributed by atoms with Gasteiger partial charge >= 0.3 is 8.80 Å². The average Bonchev–Trinajstić information content (AvgIpc) is 2.54. The Balaban J connectivity index is 2.75. The zero-order valence-corrected chi connectivity index (χ0v) is 15.4. The second-order valence-electron chi connectivity index (χ2n) is 5.09. The minimum Gasteiger partial charge on any atom is -0.377 e. The quantitative estimate of drug-likeness (QED) is 0.564. The molecule has 1 aromatic rings. The minimum absolute atomic E-state index is 0.128. The van der Waals surface area contributed by atoms with E-state index in [0.717, 1.165) is 32.4 Å². The first kappa shape index (κ1) is 19.6. The van der Waals surface area contributed by atoms with Crippen molar-refractivity contribution in [2.45, 2.75) is 32.2 Å². The topological polar surface area (TPSA) is 122 Å². The third kappa shape index (κ3) is 5.90. The lowest BCUT2D eigenvalue weighted by Crippen LogP contribution is -2.43. The van der Waals surface area contributed by atoms with Crippen molar-refractivity contribution in [3.63, 3.8) is 0 Å². The Labute approximate surface area is 138 Å². The molecule has 1 rings (SSSR count). The Morgan fingerprint density at radius 1 is 0.913 bits per heavy atom. The monoisotopic (exact) mass is 344 g/mol. The van der Waals surface area contributed by atoms with Crippen molar-refractivity contribution in [2.75, 3.05) is 50.8 Å². The van der Waals surface area contributed by atoms with Crippen LogP contribution in [-0.2, 0) is 13.3 Å². The molecule has 0 radical (unpaired) electrons. The number of unbranched alkanes of at least 4 members (excludes halogenated alkanes) is 1. The van der Waals surface area contributed by atoms with Gasteiger partial charge in [-0.25, -0.2) is 0 Å². The molecule has 0 bridgehead atoms. The SMILES string of the molecule is CCCCN(CCC[Si](OC)(OC)OC)c1nc(N)nc(N)n1. The highest BCUT2D eigenvalue weighted by Gasteiger charge is 2.37. The minimum atomic E-state index is -2.57. The first-order valence-electron chi connectivity index (χ1n) is 7.67. The van der Waals surface area contributed by atoms with Crippen LogP contribution in [-0.4, -0.2) is 58.2 Å². The van der Waals surface area contributed by atoms with E-state index in [2.05, 4.69) is 26.8 Å². The van der Waals surface area contributed by atoms with Crippen molar-refractivity contribution in [3.8, 4) is 0 Å². The molecule has 10 heteroatoms. The van der Waals surface area contributed by atoms with E-state index >= 15 is 0 Å². The van der Waals surface area contributed by atoms with Crippen molar-refractivity contribution in [3.05, 3.63) is 0 Å². The van der Waals surface area contributed by atoms with Gasteiger partial charge in [0.1, 0.15) is 0 Å². The van der Waals surface area contributed by atoms with Crippen molar-refractivity contribution in [1.29, 1.82) is 0 Å². The van der Waals surface area contributed by atoms with E-state index in [1.807, 2.05) is 0 Å². The lowest BCUT2D eigenvalue weighted by Gasteiger charge is -2.27. The maximum Gasteiger partial charge on any atom is 0.500 e. The molecule has 0 aromatic carbocycles. The maximum atomic E-state index is 5.67. The standard InChI is InChI=1S/C13H28N6O3Si/c1-5-6-8-19(13-17-11(14)16-12(15)18-13)9-7-10-23(20-2,21-3)22-4/h5-10H2,1-4H3,(H4,14,15,16,17,18). The van der Waals surface area contributed by atoms with E-state index in [1.165, 1.54) is 0 Å². The van der Waals surface area contributed by atoms with Crippen LogP contribution in [0.5, 0.6) is 0 Å². The molecule has 0 spiro atoms. The number of anilines is 3. The Morgan fingerprint density at radius 3 is 1.91 bits per heavy atom. The summed E-state index contributed by atoms with van der Waals surface area (Å²) in [4.78, 5) is 14.2. The fraction of sp³-hybridized carbons (Fsp3) is 0.769. The van der Waals surface area contributed by atoms with Crippen LogP contribution in [0, 0.1) is 0 Å². The zero-order chi connectivity index (χ0) is 17.3. The van der Waals surface area contributed by atoms with Crippen LogP contribution in [0.4, 0.5) is 17.8 Å². The van der Waals surface area contributed by atoms with E-state index in [1.54, 1.807) is 21.3 Å². The van der Waals surface area contributed by atoms with Crippen LogP contribution in [0.1, 0.15) is 26.2 Å². The summed E-state index contributed by atoms with van der Waals surface area (Å²) in [6, 6.07) is 0.704. The van der Waals surface area contributed by atoms with E-state index in [9.17, 15) is 0 Å². The van der Waals surface area contributed by atoms with Crippen LogP contribution in [0.25, 0.3) is 0 Å². The molecule has 132 valence electrons. The molecule has 0 saturated carbocycles. The van der Waals surface area contributed by atoms with Crippen molar-refractivity contribution >= 4 is 26.6 Å². The number of aromatic nitrogens is 3. The predicted octanol–water partition coefficient (Wildman–Crippen LogP) is 0.911. The molecule has 0 aliphatic carbocycles. The molecule has 1 heterocycles. The third-order valence-corrected chi connectivity index (χ3v) is 6.40. The van der Waals surface area contributed by atoms with Gasteiger partial charge in [0.15, 0.2) is 0 Å². The summed E-state index contributed by atoms with van der Waals surface area (Å²) < 4.78 is 16.3. The van der Waals surface area contributed by atoms with E-state index < -0.39 is 8.80 Å². The molecule has 0 amide bonds. The second kappa shape index (κ2) is 9.60. The fourth-order valence-electron chi connectivity index (χ4n) is 2.24. The van der Waals surface area contributed by atoms with Gasteiger partial charge in [-0.3, -0.25) is 0 Å². The van der Waals surface area contributed by atoms with E-state index in [0.29, 0.717) is 12.0 Å². The van der Waals surface area contributed by atoms with Gasteiger partial charge in [0.05, 0.1) is 0 Å². The summed E-state index contributed by atoms with van der Waals surface area (Å²) in [5.41, 5.74) is 11.3. The lowest BCUT2D eigenvalue weighted by atomic mass is 10.3. The average molecular weight is 344 g/mol. The van der Waals surface area contributed by atoms with E-state index in [4.69, 9.17) is 24.7 Å². The van der Waals surface area contributed by atoms with Crippen LogP contribution in [0.15, 0.2) is 0 Å². The van der Waals surface area contributed by atoms with Gasteiger partial charge in [-0.2, -0.15) is 15.0 Å². The summed E-state index contributed by atoms with van der Waals surface area (Å²) >= 11 is 0. The summed E-state index contributed by atoms with van der Waals surface area (Å²) in [7, 11) is 2.27. The molecule has 0 aliphatic heterocycles. The maximum absolute atomic E-state index is 5.67. The molecule has 0 atom stereocenters. The molecular weight excluding hydrogens is 316 g/mol. The number of nitrogen functional groups attached to an aromatic ring is 2. The Morgan fingerprint density at radius 2 is 1.43 bits per heavy atom. The Kier molecular flexibility index (Phi) is 8.16. The van der Waals surface area contributed by atoms with Crippen molar-refractivity contribution in [1.82, 2.24) is 15.0 Å². The first-order chi connectivity index (χ1) is 11.0. The number of nitrogens with zero attached hydrogens (tertiary/aromatic N) is 4. The zero-order valence-electron chi connectivity index (χ0n) is 14.4. The second-order valence-corrected chi connectivity index (χ2v) is 8.18. The highest BCUT2D eigenvalue weighted by molar-refractivity contribution is 6.60. The molecule has 0 unspecified atom stereocenters. The summed E-state index contributed by atoms with van der Waals surface area (Å²) in [6.45, 7) is 3.68. The highest BCUT2D eigenvalue weighted by atomic mass is 28.4.